The van der Waals surface area contributed by atoms with Gasteiger partial charge in [-0.1, -0.05) is 46.2 Å². The van der Waals surface area contributed by atoms with Gasteiger partial charge in [-0.25, -0.2) is 13.1 Å². The normalized spacial score (nSPS) is 41.9. The summed E-state index contributed by atoms with van der Waals surface area (Å²) in [7, 11) is -3.87. The average molecular weight is 574 g/mol. The fourth-order valence-electron chi connectivity index (χ4n) is 10.5. The zero-order chi connectivity index (χ0) is 29.0. The SMILES string of the molecule is CC[C@@H]1C2C[C@H](O)CCC2(C)[C@H]2CCC3(C)C([C@H](C)CCC(=O)NS(=O)(=O)c4cccc(C)c4)CC[C@H]3[C@@H]2[C@@H]1O. The maximum absolute atomic E-state index is 12.8. The minimum Gasteiger partial charge on any atom is -0.393 e. The molecule has 11 atom stereocenters. The van der Waals surface area contributed by atoms with Crippen LogP contribution in [0.4, 0.5) is 0 Å². The third-order valence-electron chi connectivity index (χ3n) is 12.5. The first-order valence-corrected chi connectivity index (χ1v) is 17.3. The van der Waals surface area contributed by atoms with Gasteiger partial charge in [0.05, 0.1) is 17.1 Å². The number of benzene rings is 1. The standard InChI is InChI=1S/C33H51NO5S/c1-6-24-28-19-22(35)14-16-33(28,5)27-15-17-32(4)25(11-12-26(32)30(27)31(24)37)21(3)10-13-29(36)34-40(38,39)23-9-7-8-20(2)18-23/h7-9,18,21-22,24-28,30-31,35,37H,6,10-17,19H2,1-5H3,(H,34,36)/t21-,22-,24-,25?,26+,27+,28?,30+,31-,32?,33?/m1/s1. The summed E-state index contributed by atoms with van der Waals surface area (Å²) in [6.07, 6.45) is 8.56. The van der Waals surface area contributed by atoms with E-state index in [1.165, 1.54) is 6.07 Å². The van der Waals surface area contributed by atoms with Crippen LogP contribution < -0.4 is 4.72 Å². The molecular weight excluding hydrogens is 522 g/mol. The quantitative estimate of drug-likeness (QED) is 0.380. The van der Waals surface area contributed by atoms with Crippen LogP contribution >= 0.6 is 0 Å². The molecule has 4 aliphatic carbocycles. The van der Waals surface area contributed by atoms with Gasteiger partial charge in [-0.2, -0.15) is 0 Å². The molecule has 0 aromatic heterocycles. The van der Waals surface area contributed by atoms with E-state index in [4.69, 9.17) is 0 Å². The summed E-state index contributed by atoms with van der Waals surface area (Å²) in [5, 5.41) is 22.4. The monoisotopic (exact) mass is 573 g/mol. The predicted octanol–water partition coefficient (Wildman–Crippen LogP) is 5.84. The fourth-order valence-corrected chi connectivity index (χ4v) is 11.7. The summed E-state index contributed by atoms with van der Waals surface area (Å²) in [4.78, 5) is 12.9. The van der Waals surface area contributed by atoms with Crippen LogP contribution in [0.1, 0.15) is 97.5 Å². The van der Waals surface area contributed by atoms with Crippen LogP contribution in [0.25, 0.3) is 0 Å². The molecule has 40 heavy (non-hydrogen) atoms. The molecule has 0 bridgehead atoms. The van der Waals surface area contributed by atoms with Crippen molar-refractivity contribution in [3.63, 3.8) is 0 Å². The first-order valence-electron chi connectivity index (χ1n) is 15.8. The van der Waals surface area contributed by atoms with Gasteiger partial charge in [0.15, 0.2) is 0 Å². The van der Waals surface area contributed by atoms with Crippen LogP contribution in [-0.4, -0.2) is 36.7 Å². The number of nitrogens with one attached hydrogen (secondary N) is 1. The van der Waals surface area contributed by atoms with E-state index in [0.717, 1.165) is 56.9 Å². The first-order chi connectivity index (χ1) is 18.8. The highest BCUT2D eigenvalue weighted by atomic mass is 32.2. The zero-order valence-electron chi connectivity index (χ0n) is 25.1. The third-order valence-corrected chi connectivity index (χ3v) is 13.9. The second-order valence-corrected chi connectivity index (χ2v) is 16.2. The number of amides is 1. The zero-order valence-corrected chi connectivity index (χ0v) is 25.9. The fraction of sp³-hybridized carbons (Fsp3) is 0.788. The molecule has 4 unspecified atom stereocenters. The van der Waals surface area contributed by atoms with E-state index in [1.54, 1.807) is 12.1 Å². The Kier molecular flexibility index (Phi) is 8.26. The second-order valence-electron chi connectivity index (χ2n) is 14.5. The first kappa shape index (κ1) is 30.0. The smallest absolute Gasteiger partial charge is 0.264 e. The number of rotatable bonds is 7. The van der Waals surface area contributed by atoms with Gasteiger partial charge in [0.1, 0.15) is 0 Å². The van der Waals surface area contributed by atoms with E-state index < -0.39 is 15.9 Å². The Morgan fingerprint density at radius 3 is 2.45 bits per heavy atom. The Morgan fingerprint density at radius 2 is 1.75 bits per heavy atom. The number of carbonyl (C=O) groups excluding carboxylic acids is 1. The summed E-state index contributed by atoms with van der Waals surface area (Å²) in [5.74, 6) is 2.26. The van der Waals surface area contributed by atoms with Crippen LogP contribution in [0.15, 0.2) is 29.2 Å². The van der Waals surface area contributed by atoms with E-state index in [0.29, 0.717) is 41.9 Å². The maximum Gasteiger partial charge on any atom is 0.264 e. The summed E-state index contributed by atoms with van der Waals surface area (Å²) in [5.41, 5.74) is 1.15. The van der Waals surface area contributed by atoms with Gasteiger partial charge >= 0.3 is 0 Å². The molecule has 0 radical (unpaired) electrons. The highest BCUT2D eigenvalue weighted by Gasteiger charge is 2.64. The highest BCUT2D eigenvalue weighted by molar-refractivity contribution is 7.90. The molecule has 0 heterocycles. The van der Waals surface area contributed by atoms with Crippen molar-refractivity contribution in [3.05, 3.63) is 29.8 Å². The summed E-state index contributed by atoms with van der Waals surface area (Å²) >= 11 is 0. The predicted molar refractivity (Wildman–Crippen MR) is 157 cm³/mol. The van der Waals surface area contributed by atoms with Gasteiger partial charge in [0, 0.05) is 6.42 Å². The van der Waals surface area contributed by atoms with Gasteiger partial charge in [0.25, 0.3) is 10.0 Å². The summed E-state index contributed by atoms with van der Waals surface area (Å²) < 4.78 is 27.7. The molecule has 1 aromatic rings. The second kappa shape index (κ2) is 11.0. The van der Waals surface area contributed by atoms with Gasteiger partial charge < -0.3 is 10.2 Å². The van der Waals surface area contributed by atoms with Gasteiger partial charge in [-0.05, 0) is 128 Å². The molecule has 0 aliphatic heterocycles. The molecule has 4 aliphatic rings. The van der Waals surface area contributed by atoms with Gasteiger partial charge in [0.2, 0.25) is 5.91 Å². The molecule has 224 valence electrons. The molecule has 5 rings (SSSR count). The van der Waals surface area contributed by atoms with Crippen molar-refractivity contribution >= 4 is 15.9 Å². The molecule has 4 fully saturated rings. The van der Waals surface area contributed by atoms with Crippen molar-refractivity contribution in [3.8, 4) is 0 Å². The highest BCUT2D eigenvalue weighted by Crippen LogP contribution is 2.69. The summed E-state index contributed by atoms with van der Waals surface area (Å²) in [6, 6.07) is 6.61. The third kappa shape index (κ3) is 5.06. The van der Waals surface area contributed by atoms with Crippen molar-refractivity contribution in [2.75, 3.05) is 0 Å². The molecule has 3 N–H and O–H groups in total. The van der Waals surface area contributed by atoms with Crippen LogP contribution in [0, 0.1) is 59.2 Å². The molecular formula is C33H51NO5S. The van der Waals surface area contributed by atoms with Crippen molar-refractivity contribution in [1.82, 2.24) is 4.72 Å². The van der Waals surface area contributed by atoms with Crippen LogP contribution in [0.3, 0.4) is 0 Å². The Balaban J connectivity index is 1.27. The summed E-state index contributed by atoms with van der Waals surface area (Å²) in [6.45, 7) is 11.2. The topological polar surface area (TPSA) is 104 Å². The number of hydrogen-bond acceptors (Lipinski definition) is 5. The Hall–Kier alpha value is -1.44. The number of aryl methyl sites for hydroxylation is 1. The number of fused-ring (bicyclic) bond motifs is 5. The minimum atomic E-state index is -3.87. The van der Waals surface area contributed by atoms with Gasteiger partial charge in [-0.15, -0.1) is 0 Å². The Morgan fingerprint density at radius 1 is 1.05 bits per heavy atom. The molecule has 6 nitrogen and oxygen atoms in total. The molecule has 0 spiro atoms. The molecule has 1 aromatic carbocycles. The minimum absolute atomic E-state index is 0.122. The molecule has 4 saturated carbocycles. The average Bonchev–Trinajstić information content (AvgIpc) is 3.25. The van der Waals surface area contributed by atoms with Crippen molar-refractivity contribution in [2.45, 2.75) is 116 Å². The lowest BCUT2D eigenvalue weighted by Gasteiger charge is -2.64. The van der Waals surface area contributed by atoms with E-state index in [-0.39, 0.29) is 40.3 Å². The number of hydrogen-bond donors (Lipinski definition) is 3. The lowest BCUT2D eigenvalue weighted by atomic mass is 9.41. The lowest BCUT2D eigenvalue weighted by molar-refractivity contribution is -0.203. The maximum atomic E-state index is 12.8. The Labute approximate surface area is 241 Å². The van der Waals surface area contributed by atoms with Crippen LogP contribution in [0.2, 0.25) is 0 Å². The van der Waals surface area contributed by atoms with Crippen LogP contribution in [0.5, 0.6) is 0 Å². The molecule has 7 heteroatoms. The van der Waals surface area contributed by atoms with E-state index >= 15 is 0 Å². The van der Waals surface area contributed by atoms with Crippen molar-refractivity contribution < 1.29 is 23.4 Å². The van der Waals surface area contributed by atoms with Crippen molar-refractivity contribution in [1.29, 1.82) is 0 Å². The largest absolute Gasteiger partial charge is 0.393 e. The van der Waals surface area contributed by atoms with Crippen molar-refractivity contribution in [2.24, 2.45) is 52.3 Å². The number of carbonyl (C=O) groups is 1. The van der Waals surface area contributed by atoms with E-state index in [9.17, 15) is 23.4 Å². The molecule has 1 amide bonds. The van der Waals surface area contributed by atoms with Gasteiger partial charge in [-0.3, -0.25) is 4.79 Å². The lowest BCUT2D eigenvalue weighted by Crippen LogP contribution is -2.62. The number of aliphatic hydroxyl groups excluding tert-OH is 2. The van der Waals surface area contributed by atoms with E-state index in [2.05, 4.69) is 32.4 Å². The Bertz CT molecular complexity index is 1200. The number of aliphatic hydroxyl groups is 2. The van der Waals surface area contributed by atoms with Crippen LogP contribution in [-0.2, 0) is 14.8 Å². The molecule has 0 saturated heterocycles. The number of sulfonamides is 1. The van der Waals surface area contributed by atoms with E-state index in [1.807, 2.05) is 13.0 Å².